The normalized spacial score (nSPS) is 14.8. The van der Waals surface area contributed by atoms with Crippen molar-refractivity contribution in [3.8, 4) is 5.75 Å². The monoisotopic (exact) mass is 482 g/mol. The van der Waals surface area contributed by atoms with Crippen molar-refractivity contribution in [3.05, 3.63) is 47.2 Å². The van der Waals surface area contributed by atoms with Crippen molar-refractivity contribution >= 4 is 39.0 Å². The lowest BCUT2D eigenvalue weighted by atomic mass is 10.2. The lowest BCUT2D eigenvalue weighted by molar-refractivity contribution is -0.135. The topological polar surface area (TPSA) is 140 Å². The number of piperazine rings is 1. The molecule has 1 aliphatic rings. The second-order valence-corrected chi connectivity index (χ2v) is 9.78. The largest absolute Gasteiger partial charge is 0.505 e. The number of sulfone groups is 1. The van der Waals surface area contributed by atoms with Crippen LogP contribution >= 0.6 is 11.6 Å². The van der Waals surface area contributed by atoms with E-state index < -0.39 is 28.3 Å². The van der Waals surface area contributed by atoms with Gasteiger partial charge in [-0.15, -0.1) is 0 Å². The van der Waals surface area contributed by atoms with Gasteiger partial charge in [0.2, 0.25) is 0 Å². The fourth-order valence-corrected chi connectivity index (χ4v) is 4.68. The zero-order valence-electron chi connectivity index (χ0n) is 17.1. The number of carbonyl (C=O) groups excluding carboxylic acids is 1. The molecule has 32 heavy (non-hydrogen) atoms. The molecular weight excluding hydrogens is 460 g/mol. The van der Waals surface area contributed by atoms with Crippen molar-refractivity contribution in [2.45, 2.75) is 4.90 Å². The predicted molar refractivity (Wildman–Crippen MR) is 118 cm³/mol. The minimum atomic E-state index is -3.40. The van der Waals surface area contributed by atoms with Crippen LogP contribution in [-0.2, 0) is 14.6 Å². The first kappa shape index (κ1) is 23.8. The minimum Gasteiger partial charge on any atom is -0.505 e. The van der Waals surface area contributed by atoms with Crippen molar-refractivity contribution in [1.29, 1.82) is 0 Å². The van der Waals surface area contributed by atoms with E-state index in [9.17, 15) is 23.1 Å². The average Bonchev–Trinajstić information content (AvgIpc) is 2.76. The van der Waals surface area contributed by atoms with Crippen LogP contribution < -0.4 is 10.2 Å². The Morgan fingerprint density at radius 1 is 1.12 bits per heavy atom. The molecule has 0 saturated carbocycles. The van der Waals surface area contributed by atoms with Crippen LogP contribution in [-0.4, -0.2) is 85.4 Å². The van der Waals surface area contributed by atoms with Gasteiger partial charge in [0.15, 0.2) is 15.5 Å². The molecule has 1 amide bonds. The summed E-state index contributed by atoms with van der Waals surface area (Å²) in [5, 5.41) is 21.4. The number of pyridine rings is 1. The summed E-state index contributed by atoms with van der Waals surface area (Å²) in [6.45, 7) is 2.25. The van der Waals surface area contributed by atoms with Crippen LogP contribution in [0.3, 0.4) is 0 Å². The summed E-state index contributed by atoms with van der Waals surface area (Å²) in [5.74, 6) is -2.32. The van der Waals surface area contributed by atoms with Gasteiger partial charge >= 0.3 is 5.97 Å². The number of aromatic nitrogens is 1. The number of benzene rings is 1. The van der Waals surface area contributed by atoms with Gasteiger partial charge in [0, 0.05) is 43.8 Å². The Morgan fingerprint density at radius 3 is 2.38 bits per heavy atom. The molecule has 2 heterocycles. The van der Waals surface area contributed by atoms with E-state index in [1.54, 1.807) is 12.1 Å². The average molecular weight is 483 g/mol. The summed E-state index contributed by atoms with van der Waals surface area (Å²) in [5.41, 5.74) is 0.367. The Morgan fingerprint density at radius 2 is 1.78 bits per heavy atom. The second kappa shape index (κ2) is 10.2. The summed E-state index contributed by atoms with van der Waals surface area (Å²) in [7, 11) is -3.40. The first-order valence-corrected chi connectivity index (χ1v) is 11.8. The van der Waals surface area contributed by atoms with E-state index in [1.807, 2.05) is 9.80 Å². The Balaban J connectivity index is 1.53. The zero-order valence-corrected chi connectivity index (χ0v) is 18.6. The smallest absolute Gasteiger partial charge is 0.322 e. The number of aliphatic carboxylic acids is 1. The number of nitrogens with zero attached hydrogens (tertiary/aromatic N) is 3. The molecule has 0 radical (unpaired) electrons. The molecule has 3 N–H and O–H groups in total. The van der Waals surface area contributed by atoms with Crippen LogP contribution in [0, 0.1) is 0 Å². The number of hydrogen-bond donors (Lipinski definition) is 3. The fraction of sp³-hybridized carbons (Fsp3) is 0.350. The van der Waals surface area contributed by atoms with Gasteiger partial charge in [-0.05, 0) is 24.3 Å². The molecule has 1 aromatic carbocycles. The van der Waals surface area contributed by atoms with Crippen molar-refractivity contribution in [1.82, 2.24) is 15.2 Å². The Kier molecular flexibility index (Phi) is 7.54. The zero-order chi connectivity index (χ0) is 23.3. The van der Waals surface area contributed by atoms with Crippen LogP contribution in [0.5, 0.6) is 5.75 Å². The van der Waals surface area contributed by atoms with Gasteiger partial charge in [-0.25, -0.2) is 13.4 Å². The van der Waals surface area contributed by atoms with Crippen molar-refractivity contribution < 1.29 is 28.2 Å². The molecule has 172 valence electrons. The second-order valence-electron chi connectivity index (χ2n) is 7.24. The molecule has 0 atom stereocenters. The van der Waals surface area contributed by atoms with Gasteiger partial charge in [0.25, 0.3) is 5.91 Å². The molecule has 12 heteroatoms. The third-order valence-corrected chi connectivity index (χ3v) is 7.02. The Hall–Kier alpha value is -2.89. The highest BCUT2D eigenvalue weighted by atomic mass is 35.5. The number of carboxylic acids is 1. The van der Waals surface area contributed by atoms with Gasteiger partial charge < -0.3 is 20.4 Å². The summed E-state index contributed by atoms with van der Waals surface area (Å²) < 4.78 is 25.0. The first-order chi connectivity index (χ1) is 15.2. The van der Waals surface area contributed by atoms with Crippen molar-refractivity contribution in [2.75, 3.05) is 49.9 Å². The van der Waals surface area contributed by atoms with Crippen LogP contribution in [0.15, 0.2) is 41.4 Å². The first-order valence-electron chi connectivity index (χ1n) is 9.80. The van der Waals surface area contributed by atoms with E-state index >= 15 is 0 Å². The van der Waals surface area contributed by atoms with E-state index in [-0.39, 0.29) is 22.1 Å². The van der Waals surface area contributed by atoms with Crippen molar-refractivity contribution in [2.24, 2.45) is 0 Å². The van der Waals surface area contributed by atoms with Crippen LogP contribution in [0.4, 0.5) is 5.69 Å². The van der Waals surface area contributed by atoms with Gasteiger partial charge in [-0.1, -0.05) is 11.6 Å². The summed E-state index contributed by atoms with van der Waals surface area (Å²) in [4.78, 5) is 30.7. The van der Waals surface area contributed by atoms with Gasteiger partial charge in [-0.2, -0.15) is 0 Å². The Labute approximate surface area is 190 Å². The molecule has 0 spiro atoms. The molecule has 3 rings (SSSR count). The highest BCUT2D eigenvalue weighted by Gasteiger charge is 2.22. The number of aromatic hydroxyl groups is 1. The molecule has 1 fully saturated rings. The molecular formula is C20H23ClN4O6S. The van der Waals surface area contributed by atoms with E-state index in [4.69, 9.17) is 16.7 Å². The summed E-state index contributed by atoms with van der Waals surface area (Å²) in [6.07, 6.45) is 1.44. The lowest BCUT2D eigenvalue weighted by Gasteiger charge is -2.35. The third kappa shape index (κ3) is 6.09. The van der Waals surface area contributed by atoms with E-state index in [0.717, 1.165) is 0 Å². The highest BCUT2D eigenvalue weighted by molar-refractivity contribution is 7.91. The molecule has 2 aromatic rings. The molecule has 10 nitrogen and oxygen atoms in total. The van der Waals surface area contributed by atoms with E-state index in [1.165, 1.54) is 24.4 Å². The minimum absolute atomic E-state index is 0.00285. The number of amides is 1. The maximum Gasteiger partial charge on any atom is 0.322 e. The SMILES string of the molecule is O=C(O)CNC(=O)c1ncc(N2CCN(CCS(=O)(=O)c3ccc(Cl)cc3)CC2)cc1O. The Bertz CT molecular complexity index is 1090. The molecule has 1 aromatic heterocycles. The van der Waals surface area contributed by atoms with Gasteiger partial charge in [0.1, 0.15) is 12.3 Å². The fourth-order valence-electron chi connectivity index (χ4n) is 3.27. The quantitative estimate of drug-likeness (QED) is 0.499. The van der Waals surface area contributed by atoms with Crippen LogP contribution in [0.25, 0.3) is 0 Å². The number of halogens is 1. The highest BCUT2D eigenvalue weighted by Crippen LogP contribution is 2.24. The number of hydrogen-bond acceptors (Lipinski definition) is 8. The number of anilines is 1. The van der Waals surface area contributed by atoms with Crippen LogP contribution in [0.1, 0.15) is 10.5 Å². The van der Waals surface area contributed by atoms with E-state index in [0.29, 0.717) is 43.4 Å². The number of rotatable bonds is 8. The van der Waals surface area contributed by atoms with Gasteiger partial charge in [0.05, 0.1) is 22.5 Å². The predicted octanol–water partition coefficient (Wildman–Crippen LogP) is 0.851. The van der Waals surface area contributed by atoms with E-state index in [2.05, 4.69) is 10.3 Å². The molecule has 0 bridgehead atoms. The number of carbonyl (C=O) groups is 2. The summed E-state index contributed by atoms with van der Waals surface area (Å²) >= 11 is 5.82. The molecule has 1 aliphatic heterocycles. The lowest BCUT2D eigenvalue weighted by Crippen LogP contribution is -2.47. The molecule has 0 unspecified atom stereocenters. The molecule has 0 aliphatic carbocycles. The molecule has 1 saturated heterocycles. The number of nitrogens with one attached hydrogen (secondary N) is 1. The number of carboxylic acid groups (broad SMARTS) is 1. The third-order valence-electron chi connectivity index (χ3n) is 5.05. The standard InChI is InChI=1S/C20H23ClN4O6S/c21-14-1-3-16(4-2-14)32(30,31)10-9-24-5-7-25(8-6-24)15-11-17(26)19(22-12-15)20(29)23-13-18(27)28/h1-4,11-12,26H,5-10,13H2,(H,23,29)(H,27,28). The summed E-state index contributed by atoms with van der Waals surface area (Å²) in [6, 6.07) is 7.51. The van der Waals surface area contributed by atoms with Crippen molar-refractivity contribution in [3.63, 3.8) is 0 Å². The maximum atomic E-state index is 12.5. The maximum absolute atomic E-state index is 12.5. The van der Waals surface area contributed by atoms with Crippen LogP contribution in [0.2, 0.25) is 5.02 Å². The van der Waals surface area contributed by atoms with Gasteiger partial charge in [-0.3, -0.25) is 14.5 Å².